The zero-order valence-electron chi connectivity index (χ0n) is 32.1. The van der Waals surface area contributed by atoms with Gasteiger partial charge in [0.2, 0.25) is 0 Å². The van der Waals surface area contributed by atoms with Gasteiger partial charge >= 0.3 is 0 Å². The lowest BCUT2D eigenvalue weighted by molar-refractivity contribution is 0.590. The molecule has 0 spiro atoms. The number of anilines is 3. The standard InChI is InChI=1S/C55H43N/c1-54(2,3)40-29-33-44(34-30-40)56(43-31-27-39(28-32-43)38-17-7-4-8-18-38)45-35-36-48-50(37-45)46-23-13-14-24-47(46)52-49-25-15-16-26-51(49)55(53(48)52,41-19-9-5-10-20-41)42-21-11-6-12-22-42/h4-37H,1-3H3. The number of hydrogen-bond donors (Lipinski definition) is 0. The van der Waals surface area contributed by atoms with E-state index in [1.807, 2.05) is 0 Å². The van der Waals surface area contributed by atoms with Crippen molar-refractivity contribution in [2.24, 2.45) is 0 Å². The lowest BCUT2D eigenvalue weighted by Gasteiger charge is -2.35. The molecule has 1 aliphatic rings. The van der Waals surface area contributed by atoms with Gasteiger partial charge in [-0.05, 0) is 113 Å². The van der Waals surface area contributed by atoms with Gasteiger partial charge in [-0.25, -0.2) is 0 Å². The van der Waals surface area contributed by atoms with Crippen molar-refractivity contribution in [3.05, 3.63) is 234 Å². The van der Waals surface area contributed by atoms with Gasteiger partial charge in [0.25, 0.3) is 0 Å². The first kappa shape index (κ1) is 33.8. The van der Waals surface area contributed by atoms with Crippen LogP contribution in [0.4, 0.5) is 17.1 Å². The molecule has 0 radical (unpaired) electrons. The number of benzene rings is 9. The van der Waals surface area contributed by atoms with E-state index in [-0.39, 0.29) is 5.41 Å². The van der Waals surface area contributed by atoms with Gasteiger partial charge in [0.15, 0.2) is 0 Å². The topological polar surface area (TPSA) is 3.24 Å². The van der Waals surface area contributed by atoms with E-state index in [4.69, 9.17) is 0 Å². The molecule has 0 fully saturated rings. The molecule has 9 aromatic rings. The van der Waals surface area contributed by atoms with E-state index in [2.05, 4.69) is 232 Å². The van der Waals surface area contributed by atoms with Gasteiger partial charge in [0.05, 0.1) is 5.41 Å². The molecule has 0 atom stereocenters. The normalized spacial score (nSPS) is 13.1. The quantitative estimate of drug-likeness (QED) is 0.155. The van der Waals surface area contributed by atoms with Crippen LogP contribution in [0.15, 0.2) is 206 Å². The van der Waals surface area contributed by atoms with Gasteiger partial charge in [-0.1, -0.05) is 191 Å². The van der Waals surface area contributed by atoms with Gasteiger partial charge < -0.3 is 4.90 Å². The Morgan fingerprint density at radius 1 is 0.393 bits per heavy atom. The summed E-state index contributed by atoms with van der Waals surface area (Å²) in [7, 11) is 0. The molecule has 0 amide bonds. The maximum Gasteiger partial charge on any atom is 0.0719 e. The van der Waals surface area contributed by atoms with Crippen LogP contribution in [0.5, 0.6) is 0 Å². The minimum Gasteiger partial charge on any atom is -0.310 e. The Balaban J connectivity index is 1.26. The van der Waals surface area contributed by atoms with Crippen molar-refractivity contribution in [2.75, 3.05) is 4.90 Å². The summed E-state index contributed by atoms with van der Waals surface area (Å²) < 4.78 is 0. The smallest absolute Gasteiger partial charge is 0.0719 e. The second kappa shape index (κ2) is 13.3. The second-order valence-electron chi connectivity index (χ2n) is 16.1. The van der Waals surface area contributed by atoms with E-state index in [0.717, 1.165) is 17.1 Å². The largest absolute Gasteiger partial charge is 0.310 e. The summed E-state index contributed by atoms with van der Waals surface area (Å²) in [5.41, 5.74) is 14.5. The summed E-state index contributed by atoms with van der Waals surface area (Å²) >= 11 is 0. The van der Waals surface area contributed by atoms with Gasteiger partial charge in [0.1, 0.15) is 0 Å². The lowest BCUT2D eigenvalue weighted by atomic mass is 9.66. The molecule has 0 saturated heterocycles. The van der Waals surface area contributed by atoms with Crippen LogP contribution in [-0.2, 0) is 10.8 Å². The van der Waals surface area contributed by atoms with Gasteiger partial charge in [-0.15, -0.1) is 0 Å². The maximum absolute atomic E-state index is 2.43. The van der Waals surface area contributed by atoms with Gasteiger partial charge in [0, 0.05) is 17.1 Å². The third kappa shape index (κ3) is 5.30. The van der Waals surface area contributed by atoms with Crippen molar-refractivity contribution in [3.8, 4) is 22.3 Å². The molecular weight excluding hydrogens is 675 g/mol. The Bertz CT molecular complexity index is 2810. The highest BCUT2D eigenvalue weighted by Gasteiger charge is 2.47. The summed E-state index contributed by atoms with van der Waals surface area (Å²) in [6, 6.07) is 76.3. The number of fused-ring (bicyclic) bond motifs is 8. The SMILES string of the molecule is CC(C)(C)c1ccc(N(c2ccc(-c3ccccc3)cc2)c2ccc3c4c(c5ccccc5c3c2)-c2ccccc2C4(c2ccccc2)c2ccccc2)cc1. The highest BCUT2D eigenvalue weighted by atomic mass is 15.1. The van der Waals surface area contributed by atoms with Crippen LogP contribution in [0.3, 0.4) is 0 Å². The fraction of sp³-hybridized carbons (Fsp3) is 0.0909. The van der Waals surface area contributed by atoms with E-state index in [1.165, 1.54) is 71.6 Å². The predicted molar refractivity (Wildman–Crippen MR) is 238 cm³/mol. The van der Waals surface area contributed by atoms with E-state index in [1.54, 1.807) is 0 Å². The van der Waals surface area contributed by atoms with Gasteiger partial charge in [-0.2, -0.15) is 0 Å². The van der Waals surface area contributed by atoms with Crippen molar-refractivity contribution < 1.29 is 0 Å². The first-order chi connectivity index (χ1) is 27.4. The minimum absolute atomic E-state index is 0.0600. The van der Waals surface area contributed by atoms with Crippen LogP contribution in [0.2, 0.25) is 0 Å². The monoisotopic (exact) mass is 717 g/mol. The van der Waals surface area contributed by atoms with E-state index >= 15 is 0 Å². The van der Waals surface area contributed by atoms with Crippen molar-refractivity contribution in [3.63, 3.8) is 0 Å². The van der Waals surface area contributed by atoms with E-state index in [0.29, 0.717) is 0 Å². The summed E-state index contributed by atoms with van der Waals surface area (Å²) in [5, 5.41) is 5.06. The molecule has 0 saturated carbocycles. The van der Waals surface area contributed by atoms with Crippen LogP contribution >= 0.6 is 0 Å². The highest BCUT2D eigenvalue weighted by molar-refractivity contribution is 6.20. The van der Waals surface area contributed by atoms with Crippen LogP contribution in [0.25, 0.3) is 43.8 Å². The average molecular weight is 718 g/mol. The maximum atomic E-state index is 2.43. The molecule has 0 bridgehead atoms. The zero-order chi connectivity index (χ0) is 37.9. The summed E-state index contributed by atoms with van der Waals surface area (Å²) in [6.45, 7) is 6.83. The molecule has 0 unspecified atom stereocenters. The minimum atomic E-state index is -0.506. The molecule has 268 valence electrons. The molecule has 1 heteroatoms. The number of rotatable bonds is 6. The molecule has 0 N–H and O–H groups in total. The van der Waals surface area contributed by atoms with Crippen molar-refractivity contribution >= 4 is 38.6 Å². The molecular formula is C55H43N. The Morgan fingerprint density at radius 3 is 1.52 bits per heavy atom. The molecule has 56 heavy (non-hydrogen) atoms. The average Bonchev–Trinajstić information content (AvgIpc) is 3.57. The third-order valence-electron chi connectivity index (χ3n) is 11.9. The Morgan fingerprint density at radius 2 is 0.893 bits per heavy atom. The fourth-order valence-electron chi connectivity index (χ4n) is 9.28. The summed E-state index contributed by atoms with van der Waals surface area (Å²) in [5.74, 6) is 0. The van der Waals surface area contributed by atoms with Crippen molar-refractivity contribution in [1.82, 2.24) is 0 Å². The Kier molecular flexibility index (Phi) is 8.01. The molecule has 9 aromatic carbocycles. The number of hydrogen-bond acceptors (Lipinski definition) is 1. The fourth-order valence-corrected chi connectivity index (χ4v) is 9.28. The van der Waals surface area contributed by atoms with Crippen molar-refractivity contribution in [2.45, 2.75) is 31.6 Å². The first-order valence-corrected chi connectivity index (χ1v) is 19.7. The molecule has 0 aliphatic heterocycles. The van der Waals surface area contributed by atoms with Crippen molar-refractivity contribution in [1.29, 1.82) is 0 Å². The summed E-state index contributed by atoms with van der Waals surface area (Å²) in [6.07, 6.45) is 0. The molecule has 1 aliphatic carbocycles. The van der Waals surface area contributed by atoms with Crippen LogP contribution in [-0.4, -0.2) is 0 Å². The first-order valence-electron chi connectivity index (χ1n) is 19.7. The van der Waals surface area contributed by atoms with Crippen LogP contribution in [0.1, 0.15) is 48.6 Å². The highest BCUT2D eigenvalue weighted by Crippen LogP contribution is 2.60. The lowest BCUT2D eigenvalue weighted by Crippen LogP contribution is -2.28. The Hall–Kier alpha value is -6.70. The summed E-state index contributed by atoms with van der Waals surface area (Å²) in [4.78, 5) is 2.42. The molecule has 10 rings (SSSR count). The second-order valence-corrected chi connectivity index (χ2v) is 16.1. The van der Waals surface area contributed by atoms with E-state index in [9.17, 15) is 0 Å². The number of nitrogens with zero attached hydrogens (tertiary/aromatic N) is 1. The molecule has 0 heterocycles. The Labute approximate surface area is 330 Å². The van der Waals surface area contributed by atoms with Crippen LogP contribution in [0, 0.1) is 0 Å². The van der Waals surface area contributed by atoms with E-state index < -0.39 is 5.41 Å². The third-order valence-corrected chi connectivity index (χ3v) is 11.9. The predicted octanol–water partition coefficient (Wildman–Crippen LogP) is 14.8. The van der Waals surface area contributed by atoms with Gasteiger partial charge in [-0.3, -0.25) is 0 Å². The molecule has 1 nitrogen and oxygen atoms in total. The van der Waals surface area contributed by atoms with Crippen LogP contribution < -0.4 is 4.90 Å². The zero-order valence-corrected chi connectivity index (χ0v) is 32.1. The molecule has 0 aromatic heterocycles.